The van der Waals surface area contributed by atoms with Crippen LogP contribution < -0.4 is 9.47 Å². The highest BCUT2D eigenvalue weighted by atomic mass is 16.5. The molecule has 0 bridgehead atoms. The van der Waals surface area contributed by atoms with Gasteiger partial charge in [-0.3, -0.25) is 4.79 Å². The lowest BCUT2D eigenvalue weighted by Crippen LogP contribution is -1.98. The molecule has 0 saturated heterocycles. The number of carboxylic acids is 1. The van der Waals surface area contributed by atoms with E-state index in [1.165, 1.54) is 0 Å². The van der Waals surface area contributed by atoms with Crippen molar-refractivity contribution in [3.05, 3.63) is 60.3 Å². The van der Waals surface area contributed by atoms with Crippen LogP contribution in [0, 0.1) is 0 Å². The number of methoxy groups -OCH3 is 2. The van der Waals surface area contributed by atoms with Crippen LogP contribution in [0.1, 0.15) is 12.0 Å². The quantitative estimate of drug-likeness (QED) is 0.704. The standard InChI is InChI=1S/C20H20N2O4/c1-25-17-10-8-14(12-18(17)26-2)20-15(9-11-19(23)24)13-22(21-20)16-6-4-3-5-7-16/h3-8,10,12-13H,9,11H2,1-2H3,(H,23,24). The Morgan fingerprint density at radius 3 is 2.46 bits per heavy atom. The number of aromatic nitrogens is 2. The molecule has 0 aliphatic rings. The van der Waals surface area contributed by atoms with Crippen molar-refractivity contribution in [2.45, 2.75) is 12.8 Å². The van der Waals surface area contributed by atoms with Crippen molar-refractivity contribution < 1.29 is 19.4 Å². The van der Waals surface area contributed by atoms with Crippen molar-refractivity contribution >= 4 is 5.97 Å². The molecule has 0 unspecified atom stereocenters. The second-order valence-electron chi connectivity index (χ2n) is 5.75. The van der Waals surface area contributed by atoms with Crippen LogP contribution in [0.25, 0.3) is 16.9 Å². The van der Waals surface area contributed by atoms with E-state index in [9.17, 15) is 4.79 Å². The first-order valence-electron chi connectivity index (χ1n) is 8.20. The van der Waals surface area contributed by atoms with Gasteiger partial charge in [-0.2, -0.15) is 5.10 Å². The number of nitrogens with zero attached hydrogens (tertiary/aromatic N) is 2. The summed E-state index contributed by atoms with van der Waals surface area (Å²) in [4.78, 5) is 11.0. The van der Waals surface area contributed by atoms with Gasteiger partial charge in [0.1, 0.15) is 0 Å². The van der Waals surface area contributed by atoms with E-state index in [0.29, 0.717) is 17.9 Å². The van der Waals surface area contributed by atoms with Crippen LogP contribution in [0.3, 0.4) is 0 Å². The lowest BCUT2D eigenvalue weighted by molar-refractivity contribution is -0.136. The van der Waals surface area contributed by atoms with Crippen LogP contribution in [-0.2, 0) is 11.2 Å². The van der Waals surface area contributed by atoms with Crippen molar-refractivity contribution in [2.24, 2.45) is 0 Å². The van der Waals surface area contributed by atoms with Crippen molar-refractivity contribution in [3.8, 4) is 28.4 Å². The Morgan fingerprint density at radius 2 is 1.81 bits per heavy atom. The molecule has 1 aromatic heterocycles. The number of rotatable bonds is 7. The number of hydrogen-bond donors (Lipinski definition) is 1. The highest BCUT2D eigenvalue weighted by Gasteiger charge is 2.15. The number of hydrogen-bond acceptors (Lipinski definition) is 4. The molecule has 0 saturated carbocycles. The summed E-state index contributed by atoms with van der Waals surface area (Å²) in [5, 5.41) is 13.7. The van der Waals surface area contributed by atoms with Gasteiger partial charge in [-0.25, -0.2) is 4.68 Å². The molecule has 1 heterocycles. The van der Waals surface area contributed by atoms with Crippen LogP contribution in [0.15, 0.2) is 54.7 Å². The Bertz CT molecular complexity index is 903. The predicted octanol–water partition coefficient (Wildman–Crippen LogP) is 3.57. The first-order chi connectivity index (χ1) is 12.6. The maximum atomic E-state index is 11.0. The first-order valence-corrected chi connectivity index (χ1v) is 8.20. The zero-order chi connectivity index (χ0) is 18.5. The van der Waals surface area contributed by atoms with Crippen molar-refractivity contribution in [3.63, 3.8) is 0 Å². The van der Waals surface area contributed by atoms with E-state index in [2.05, 4.69) is 5.10 Å². The fraction of sp³-hybridized carbons (Fsp3) is 0.200. The molecule has 6 heteroatoms. The summed E-state index contributed by atoms with van der Waals surface area (Å²) >= 11 is 0. The molecular weight excluding hydrogens is 332 g/mol. The number of aryl methyl sites for hydroxylation is 1. The summed E-state index contributed by atoms with van der Waals surface area (Å²) in [7, 11) is 3.16. The average Bonchev–Trinajstić information content (AvgIpc) is 3.10. The summed E-state index contributed by atoms with van der Waals surface area (Å²) in [6.45, 7) is 0. The topological polar surface area (TPSA) is 73.6 Å². The van der Waals surface area contributed by atoms with Gasteiger partial charge in [0.25, 0.3) is 0 Å². The van der Waals surface area contributed by atoms with Crippen LogP contribution in [-0.4, -0.2) is 35.1 Å². The maximum absolute atomic E-state index is 11.0. The third-order valence-electron chi connectivity index (χ3n) is 4.08. The van der Waals surface area contributed by atoms with Crippen LogP contribution in [0.5, 0.6) is 11.5 Å². The summed E-state index contributed by atoms with van der Waals surface area (Å²) in [6.07, 6.45) is 2.32. The van der Waals surface area contributed by atoms with Crippen LogP contribution in [0.4, 0.5) is 0 Å². The van der Waals surface area contributed by atoms with Crippen molar-refractivity contribution in [1.82, 2.24) is 9.78 Å². The Labute approximate surface area is 151 Å². The van der Waals surface area contributed by atoms with Crippen LogP contribution in [0.2, 0.25) is 0 Å². The fourth-order valence-corrected chi connectivity index (χ4v) is 2.77. The zero-order valence-electron chi connectivity index (χ0n) is 14.7. The molecule has 1 N–H and O–H groups in total. The van der Waals surface area contributed by atoms with E-state index in [0.717, 1.165) is 22.5 Å². The van der Waals surface area contributed by atoms with Gasteiger partial charge in [-0.1, -0.05) is 18.2 Å². The predicted molar refractivity (Wildman–Crippen MR) is 98.1 cm³/mol. The van der Waals surface area contributed by atoms with Gasteiger partial charge in [-0.05, 0) is 42.3 Å². The molecule has 0 aliphatic carbocycles. The number of benzene rings is 2. The van der Waals surface area contributed by atoms with Gasteiger partial charge in [-0.15, -0.1) is 0 Å². The molecule has 2 aromatic carbocycles. The van der Waals surface area contributed by atoms with E-state index < -0.39 is 5.97 Å². The second-order valence-corrected chi connectivity index (χ2v) is 5.75. The summed E-state index contributed by atoms with van der Waals surface area (Å²) in [6, 6.07) is 15.3. The smallest absolute Gasteiger partial charge is 0.303 e. The van der Waals surface area contributed by atoms with Crippen LogP contribution >= 0.6 is 0 Å². The summed E-state index contributed by atoms with van der Waals surface area (Å²) in [5.41, 5.74) is 3.35. The van der Waals surface area contributed by atoms with Gasteiger partial charge in [0.2, 0.25) is 0 Å². The largest absolute Gasteiger partial charge is 0.493 e. The Hall–Kier alpha value is -3.28. The number of ether oxygens (including phenoxy) is 2. The molecule has 0 spiro atoms. The highest BCUT2D eigenvalue weighted by Crippen LogP contribution is 2.33. The van der Waals surface area contributed by atoms with Gasteiger partial charge >= 0.3 is 5.97 Å². The molecule has 0 amide bonds. The monoisotopic (exact) mass is 352 g/mol. The molecule has 3 rings (SSSR count). The van der Waals surface area contributed by atoms with Crippen molar-refractivity contribution in [2.75, 3.05) is 14.2 Å². The molecule has 0 fully saturated rings. The minimum atomic E-state index is -0.837. The van der Waals surface area contributed by atoms with E-state index in [4.69, 9.17) is 14.6 Å². The van der Waals surface area contributed by atoms with Gasteiger partial charge < -0.3 is 14.6 Å². The molecule has 6 nitrogen and oxygen atoms in total. The minimum absolute atomic E-state index is 0.0424. The molecule has 134 valence electrons. The molecule has 0 aliphatic heterocycles. The van der Waals surface area contributed by atoms with E-state index in [-0.39, 0.29) is 6.42 Å². The van der Waals surface area contributed by atoms with Crippen molar-refractivity contribution in [1.29, 1.82) is 0 Å². The van der Waals surface area contributed by atoms with E-state index >= 15 is 0 Å². The second kappa shape index (κ2) is 7.74. The molecule has 0 radical (unpaired) electrons. The molecule has 26 heavy (non-hydrogen) atoms. The molecular formula is C20H20N2O4. The number of carboxylic acid groups (broad SMARTS) is 1. The molecule has 3 aromatic rings. The third kappa shape index (κ3) is 3.69. The zero-order valence-corrected chi connectivity index (χ0v) is 14.7. The number of carbonyl (C=O) groups is 1. The number of para-hydroxylation sites is 1. The Morgan fingerprint density at radius 1 is 1.08 bits per heavy atom. The van der Waals surface area contributed by atoms with E-state index in [1.807, 2.05) is 54.7 Å². The molecule has 0 atom stereocenters. The number of aliphatic carboxylic acids is 1. The Balaban J connectivity index is 2.06. The fourth-order valence-electron chi connectivity index (χ4n) is 2.77. The highest BCUT2D eigenvalue weighted by molar-refractivity contribution is 5.70. The van der Waals surface area contributed by atoms with Gasteiger partial charge in [0.15, 0.2) is 11.5 Å². The maximum Gasteiger partial charge on any atom is 0.303 e. The minimum Gasteiger partial charge on any atom is -0.493 e. The third-order valence-corrected chi connectivity index (χ3v) is 4.08. The lowest BCUT2D eigenvalue weighted by atomic mass is 10.0. The normalized spacial score (nSPS) is 10.5. The van der Waals surface area contributed by atoms with Gasteiger partial charge in [0, 0.05) is 18.2 Å². The summed E-state index contributed by atoms with van der Waals surface area (Å²) in [5.74, 6) is 0.394. The Kier molecular flexibility index (Phi) is 5.22. The average molecular weight is 352 g/mol. The summed E-state index contributed by atoms with van der Waals surface area (Å²) < 4.78 is 12.4. The first kappa shape index (κ1) is 17.5. The van der Waals surface area contributed by atoms with Gasteiger partial charge in [0.05, 0.1) is 25.6 Å². The SMILES string of the molecule is COc1ccc(-c2nn(-c3ccccc3)cc2CCC(=O)O)cc1OC. The lowest BCUT2D eigenvalue weighted by Gasteiger charge is -2.09. The van der Waals surface area contributed by atoms with E-state index in [1.54, 1.807) is 18.9 Å².